The number of rotatable bonds is 7. The van der Waals surface area contributed by atoms with Crippen molar-refractivity contribution in [2.45, 2.75) is 37.1 Å². The zero-order valence-electron chi connectivity index (χ0n) is 16.9. The predicted molar refractivity (Wildman–Crippen MR) is 107 cm³/mol. The second kappa shape index (κ2) is 9.97. The summed E-state index contributed by atoms with van der Waals surface area (Å²) in [6, 6.07) is 4.92. The Bertz CT molecular complexity index is 799. The summed E-state index contributed by atoms with van der Waals surface area (Å²) < 4.78 is 46.1. The Labute approximate surface area is 172 Å². The Kier molecular flexibility index (Phi) is 7.61. The van der Waals surface area contributed by atoms with Crippen molar-refractivity contribution in [1.29, 1.82) is 0 Å². The van der Waals surface area contributed by atoms with Crippen LogP contribution in [-0.4, -0.2) is 87.0 Å². The lowest BCUT2D eigenvalue weighted by atomic mass is 10.1. The minimum absolute atomic E-state index is 0.0398. The number of carbonyl (C=O) groups excluding carboxylic acids is 1. The lowest BCUT2D eigenvalue weighted by Crippen LogP contribution is -2.51. The highest BCUT2D eigenvalue weighted by atomic mass is 32.2. The minimum Gasteiger partial charge on any atom is -0.379 e. The van der Waals surface area contributed by atoms with Crippen LogP contribution in [0.2, 0.25) is 0 Å². The number of hydrogen-bond acceptors (Lipinski definition) is 5. The van der Waals surface area contributed by atoms with Gasteiger partial charge in [-0.1, -0.05) is 6.07 Å². The summed E-state index contributed by atoms with van der Waals surface area (Å²) in [5.41, 5.74) is 0. The number of benzene rings is 1. The second-order valence-corrected chi connectivity index (χ2v) is 9.57. The van der Waals surface area contributed by atoms with Gasteiger partial charge >= 0.3 is 0 Å². The fourth-order valence-corrected chi connectivity index (χ4v) is 5.60. The van der Waals surface area contributed by atoms with Gasteiger partial charge in [0.15, 0.2) is 0 Å². The number of hydrogen-bond donors (Lipinski definition) is 0. The zero-order valence-corrected chi connectivity index (χ0v) is 17.7. The molecule has 9 heteroatoms. The molecule has 29 heavy (non-hydrogen) atoms. The average molecular weight is 428 g/mol. The Balaban J connectivity index is 1.62. The smallest absolute Gasteiger partial charge is 0.243 e. The number of amides is 1. The van der Waals surface area contributed by atoms with Crippen LogP contribution in [0.5, 0.6) is 0 Å². The van der Waals surface area contributed by atoms with E-state index in [0.29, 0.717) is 19.5 Å². The first-order valence-corrected chi connectivity index (χ1v) is 11.6. The van der Waals surface area contributed by atoms with Gasteiger partial charge in [-0.15, -0.1) is 0 Å². The van der Waals surface area contributed by atoms with Crippen molar-refractivity contribution < 1.29 is 22.3 Å². The third kappa shape index (κ3) is 5.75. The SMILES string of the molecule is CC(=O)N(CCCN1CCOCC1)C1CCCN(S(=O)(=O)c2cccc(F)c2)C1. The van der Waals surface area contributed by atoms with E-state index in [2.05, 4.69) is 4.90 Å². The summed E-state index contributed by atoms with van der Waals surface area (Å²) in [6.07, 6.45) is 2.28. The first-order valence-electron chi connectivity index (χ1n) is 10.2. The minimum atomic E-state index is -3.78. The number of morpholine rings is 1. The number of carbonyl (C=O) groups is 1. The van der Waals surface area contributed by atoms with Crippen molar-refractivity contribution in [1.82, 2.24) is 14.1 Å². The molecular formula is C20H30FN3O4S. The maximum atomic E-state index is 13.5. The first kappa shape index (κ1) is 22.1. The molecule has 1 unspecified atom stereocenters. The molecule has 0 radical (unpaired) electrons. The van der Waals surface area contributed by atoms with Gasteiger partial charge in [-0.3, -0.25) is 9.69 Å². The number of sulfonamides is 1. The maximum absolute atomic E-state index is 13.5. The van der Waals surface area contributed by atoms with Crippen LogP contribution in [-0.2, 0) is 19.6 Å². The van der Waals surface area contributed by atoms with Crippen LogP contribution >= 0.6 is 0 Å². The van der Waals surface area contributed by atoms with E-state index < -0.39 is 15.8 Å². The largest absolute Gasteiger partial charge is 0.379 e. The van der Waals surface area contributed by atoms with E-state index in [4.69, 9.17) is 4.74 Å². The van der Waals surface area contributed by atoms with Crippen molar-refractivity contribution >= 4 is 15.9 Å². The van der Waals surface area contributed by atoms with E-state index in [1.165, 1.54) is 29.4 Å². The predicted octanol–water partition coefficient (Wildman–Crippen LogP) is 1.55. The molecule has 7 nitrogen and oxygen atoms in total. The molecule has 1 aromatic carbocycles. The molecule has 0 saturated carbocycles. The summed E-state index contributed by atoms with van der Waals surface area (Å²) in [5.74, 6) is -0.616. The molecule has 2 fully saturated rings. The summed E-state index contributed by atoms with van der Waals surface area (Å²) in [4.78, 5) is 16.4. The molecule has 1 atom stereocenters. The molecule has 162 valence electrons. The summed E-state index contributed by atoms with van der Waals surface area (Å²) in [5, 5.41) is 0. The first-order chi connectivity index (χ1) is 13.9. The molecule has 2 aliphatic rings. The van der Waals surface area contributed by atoms with Gasteiger partial charge in [0.25, 0.3) is 0 Å². The number of ether oxygens (including phenoxy) is 1. The van der Waals surface area contributed by atoms with Crippen molar-refractivity contribution in [2.24, 2.45) is 0 Å². The second-order valence-electron chi connectivity index (χ2n) is 7.64. The maximum Gasteiger partial charge on any atom is 0.243 e. The Morgan fingerprint density at radius 2 is 2.03 bits per heavy atom. The van der Waals surface area contributed by atoms with E-state index in [1.54, 1.807) is 4.90 Å². The molecule has 1 aromatic rings. The molecule has 1 amide bonds. The molecule has 0 aromatic heterocycles. The third-order valence-electron chi connectivity index (χ3n) is 5.62. The van der Waals surface area contributed by atoms with Gasteiger partial charge in [0.2, 0.25) is 15.9 Å². The highest BCUT2D eigenvalue weighted by Crippen LogP contribution is 2.24. The van der Waals surface area contributed by atoms with Gasteiger partial charge in [0.05, 0.1) is 18.1 Å². The van der Waals surface area contributed by atoms with Gasteiger partial charge in [-0.05, 0) is 37.5 Å². The molecule has 0 bridgehead atoms. The van der Waals surface area contributed by atoms with E-state index in [1.807, 2.05) is 0 Å². The Hall–Kier alpha value is -1.55. The number of piperidine rings is 1. The summed E-state index contributed by atoms with van der Waals surface area (Å²) in [7, 11) is -3.78. The lowest BCUT2D eigenvalue weighted by Gasteiger charge is -2.39. The number of halogens is 1. The fourth-order valence-electron chi connectivity index (χ4n) is 4.06. The van der Waals surface area contributed by atoms with Crippen LogP contribution in [0.15, 0.2) is 29.2 Å². The van der Waals surface area contributed by atoms with Gasteiger partial charge in [-0.2, -0.15) is 4.31 Å². The van der Waals surface area contributed by atoms with Gasteiger partial charge in [0.1, 0.15) is 5.82 Å². The third-order valence-corrected chi connectivity index (χ3v) is 7.48. The van der Waals surface area contributed by atoms with E-state index in [0.717, 1.165) is 51.8 Å². The highest BCUT2D eigenvalue weighted by Gasteiger charge is 2.33. The molecule has 0 aliphatic carbocycles. The monoisotopic (exact) mass is 427 g/mol. The molecule has 0 N–H and O–H groups in total. The quantitative estimate of drug-likeness (QED) is 0.660. The highest BCUT2D eigenvalue weighted by molar-refractivity contribution is 7.89. The Morgan fingerprint density at radius 1 is 1.28 bits per heavy atom. The zero-order chi connectivity index (χ0) is 20.9. The topological polar surface area (TPSA) is 70.2 Å². The normalized spacial score (nSPS) is 21.8. The molecule has 2 saturated heterocycles. The van der Waals surface area contributed by atoms with Gasteiger partial charge < -0.3 is 9.64 Å². The fraction of sp³-hybridized carbons (Fsp3) is 0.650. The summed E-state index contributed by atoms with van der Waals surface area (Å²) in [6.45, 7) is 6.96. The van der Waals surface area contributed by atoms with Crippen LogP contribution in [0.25, 0.3) is 0 Å². The molecule has 3 rings (SSSR count). The van der Waals surface area contributed by atoms with Crippen LogP contribution in [0.1, 0.15) is 26.2 Å². The van der Waals surface area contributed by atoms with Crippen LogP contribution in [0.4, 0.5) is 4.39 Å². The molecule has 2 aliphatic heterocycles. The Morgan fingerprint density at radius 3 is 2.72 bits per heavy atom. The van der Waals surface area contributed by atoms with Crippen molar-refractivity contribution in [3.05, 3.63) is 30.1 Å². The molecular weight excluding hydrogens is 397 g/mol. The van der Waals surface area contributed by atoms with Crippen LogP contribution < -0.4 is 0 Å². The van der Waals surface area contributed by atoms with E-state index >= 15 is 0 Å². The van der Waals surface area contributed by atoms with Crippen molar-refractivity contribution in [3.8, 4) is 0 Å². The average Bonchev–Trinajstić information content (AvgIpc) is 2.72. The lowest BCUT2D eigenvalue weighted by molar-refractivity contribution is -0.132. The van der Waals surface area contributed by atoms with Crippen molar-refractivity contribution in [3.63, 3.8) is 0 Å². The van der Waals surface area contributed by atoms with Crippen LogP contribution in [0.3, 0.4) is 0 Å². The van der Waals surface area contributed by atoms with Crippen molar-refractivity contribution in [2.75, 3.05) is 52.5 Å². The standard InChI is InChI=1S/C20H30FN3O4S/c1-17(25)24(10-4-8-22-11-13-28-14-12-22)19-6-3-9-23(16-19)29(26,27)20-7-2-5-18(21)15-20/h2,5,7,15,19H,3-4,6,8-14,16H2,1H3. The summed E-state index contributed by atoms with van der Waals surface area (Å²) >= 11 is 0. The van der Waals surface area contributed by atoms with Gasteiger partial charge in [0, 0.05) is 52.2 Å². The van der Waals surface area contributed by atoms with Crippen LogP contribution in [0, 0.1) is 5.82 Å². The molecule has 2 heterocycles. The molecule has 0 spiro atoms. The number of nitrogens with zero attached hydrogens (tertiary/aromatic N) is 3. The van der Waals surface area contributed by atoms with E-state index in [-0.39, 0.29) is 23.4 Å². The van der Waals surface area contributed by atoms with Gasteiger partial charge in [-0.25, -0.2) is 12.8 Å². The van der Waals surface area contributed by atoms with E-state index in [9.17, 15) is 17.6 Å².